The second kappa shape index (κ2) is 6.76. The number of aliphatic carboxylic acids is 2. The van der Waals surface area contributed by atoms with Crippen molar-refractivity contribution < 1.29 is 34.4 Å². The number of cyclic esters (lactones) is 1. The van der Waals surface area contributed by atoms with Crippen molar-refractivity contribution in [2.24, 2.45) is 40.4 Å². The smallest absolute Gasteiger partial charge is 0.310 e. The van der Waals surface area contributed by atoms with Gasteiger partial charge >= 0.3 is 17.9 Å². The van der Waals surface area contributed by atoms with Crippen molar-refractivity contribution in [2.45, 2.75) is 59.0 Å². The minimum absolute atomic E-state index is 0.185. The largest absolute Gasteiger partial charge is 0.481 e. The molecule has 3 fully saturated rings. The standard InChI is InChI=1S/C20H30O7/c1-10(16(22)23)11-4-5-13(12(8-11)17(24)25)20-7-6-14(21)19(2,3)15(20)18(26)27-9-20/h10-15,21H,4-9H2,1-3H3,(H,22,23)(H,24,25). The summed E-state index contributed by atoms with van der Waals surface area (Å²) in [6, 6.07) is 0. The number of fused-ring (bicyclic) bond motifs is 1. The summed E-state index contributed by atoms with van der Waals surface area (Å²) in [5.41, 5.74) is -1.28. The molecule has 7 unspecified atom stereocenters. The monoisotopic (exact) mass is 382 g/mol. The van der Waals surface area contributed by atoms with Gasteiger partial charge in [0, 0.05) is 10.8 Å². The van der Waals surface area contributed by atoms with Crippen LogP contribution in [0.4, 0.5) is 0 Å². The van der Waals surface area contributed by atoms with Gasteiger partial charge in [-0.3, -0.25) is 14.4 Å². The molecule has 0 aromatic rings. The predicted octanol–water partition coefficient (Wildman–Crippen LogP) is 2.16. The van der Waals surface area contributed by atoms with Crippen molar-refractivity contribution >= 4 is 17.9 Å². The van der Waals surface area contributed by atoms with E-state index in [0.717, 1.165) is 0 Å². The molecule has 0 radical (unpaired) electrons. The molecule has 152 valence electrons. The van der Waals surface area contributed by atoms with E-state index < -0.39 is 46.6 Å². The Bertz CT molecular complexity index is 642. The highest BCUT2D eigenvalue weighted by atomic mass is 16.5. The first-order valence-corrected chi connectivity index (χ1v) is 9.82. The van der Waals surface area contributed by atoms with Crippen molar-refractivity contribution in [2.75, 3.05) is 6.61 Å². The molecule has 1 heterocycles. The van der Waals surface area contributed by atoms with E-state index in [2.05, 4.69) is 0 Å². The van der Waals surface area contributed by atoms with E-state index in [9.17, 15) is 29.7 Å². The van der Waals surface area contributed by atoms with Gasteiger partial charge in [-0.25, -0.2) is 0 Å². The van der Waals surface area contributed by atoms with Gasteiger partial charge in [-0.1, -0.05) is 20.8 Å². The third-order valence-electron chi connectivity index (χ3n) is 7.82. The number of hydrogen-bond acceptors (Lipinski definition) is 5. The van der Waals surface area contributed by atoms with E-state index in [1.54, 1.807) is 6.92 Å². The lowest BCUT2D eigenvalue weighted by atomic mass is 9.48. The highest BCUT2D eigenvalue weighted by Gasteiger charge is 2.66. The number of aliphatic hydroxyl groups is 1. The summed E-state index contributed by atoms with van der Waals surface area (Å²) in [5.74, 6) is -4.44. The van der Waals surface area contributed by atoms with Gasteiger partial charge in [-0.15, -0.1) is 0 Å². The van der Waals surface area contributed by atoms with Gasteiger partial charge in [-0.2, -0.15) is 0 Å². The number of rotatable bonds is 4. The molecule has 3 aliphatic rings. The molecular formula is C20H30O7. The van der Waals surface area contributed by atoms with Crippen molar-refractivity contribution in [3.8, 4) is 0 Å². The van der Waals surface area contributed by atoms with Crippen molar-refractivity contribution in [3.63, 3.8) is 0 Å². The first kappa shape index (κ1) is 20.1. The van der Waals surface area contributed by atoms with E-state index in [1.807, 2.05) is 13.8 Å². The topological polar surface area (TPSA) is 121 Å². The maximum absolute atomic E-state index is 12.6. The Morgan fingerprint density at radius 3 is 2.44 bits per heavy atom. The summed E-state index contributed by atoms with van der Waals surface area (Å²) in [5, 5.41) is 29.7. The second-order valence-electron chi connectivity index (χ2n) is 9.40. The number of esters is 1. The molecule has 0 aromatic carbocycles. The summed E-state index contributed by atoms with van der Waals surface area (Å²) in [6.45, 7) is 5.54. The van der Waals surface area contributed by atoms with Crippen LogP contribution >= 0.6 is 0 Å². The Labute approximate surface area is 159 Å². The summed E-state index contributed by atoms with van der Waals surface area (Å²) in [6.07, 6.45) is 1.94. The molecule has 0 aromatic heterocycles. The third-order valence-corrected chi connectivity index (χ3v) is 7.82. The molecule has 1 saturated heterocycles. The van der Waals surface area contributed by atoms with Crippen LogP contribution in [0.3, 0.4) is 0 Å². The van der Waals surface area contributed by atoms with Gasteiger partial charge in [0.25, 0.3) is 0 Å². The zero-order valence-corrected chi connectivity index (χ0v) is 16.2. The fourth-order valence-corrected chi connectivity index (χ4v) is 6.16. The third kappa shape index (κ3) is 3.04. The first-order chi connectivity index (χ1) is 12.5. The molecule has 7 heteroatoms. The van der Waals surface area contributed by atoms with Gasteiger partial charge in [0.1, 0.15) is 0 Å². The molecule has 3 rings (SSSR count). The molecule has 0 amide bonds. The van der Waals surface area contributed by atoms with E-state index in [1.165, 1.54) is 0 Å². The number of carboxylic acids is 2. The molecular weight excluding hydrogens is 352 g/mol. The maximum atomic E-state index is 12.6. The highest BCUT2D eigenvalue weighted by Crippen LogP contribution is 2.62. The molecule has 0 spiro atoms. The average molecular weight is 382 g/mol. The van der Waals surface area contributed by atoms with Gasteiger partial charge < -0.3 is 20.1 Å². The van der Waals surface area contributed by atoms with Crippen LogP contribution in [0.15, 0.2) is 0 Å². The van der Waals surface area contributed by atoms with E-state index in [-0.39, 0.29) is 24.4 Å². The Balaban J connectivity index is 1.95. The van der Waals surface area contributed by atoms with Gasteiger partial charge in [0.05, 0.1) is 30.5 Å². The SMILES string of the molecule is CC(C(=O)O)C1CCC(C23CCC(O)C(C)(C)C2C(=O)OC3)C(C(=O)O)C1. The van der Waals surface area contributed by atoms with Crippen LogP contribution in [-0.4, -0.2) is 45.9 Å². The molecule has 1 aliphatic heterocycles. The number of aliphatic hydroxyl groups excluding tert-OH is 1. The van der Waals surface area contributed by atoms with Crippen LogP contribution in [0.25, 0.3) is 0 Å². The van der Waals surface area contributed by atoms with E-state index >= 15 is 0 Å². The van der Waals surface area contributed by atoms with Crippen LogP contribution in [-0.2, 0) is 19.1 Å². The van der Waals surface area contributed by atoms with Crippen LogP contribution in [0.5, 0.6) is 0 Å². The minimum atomic E-state index is -0.932. The van der Waals surface area contributed by atoms with Gasteiger partial charge in [0.2, 0.25) is 0 Å². The molecule has 2 saturated carbocycles. The van der Waals surface area contributed by atoms with Crippen LogP contribution in [0.2, 0.25) is 0 Å². The number of carboxylic acid groups (broad SMARTS) is 2. The Morgan fingerprint density at radius 1 is 1.19 bits per heavy atom. The normalized spacial score (nSPS) is 42.1. The van der Waals surface area contributed by atoms with Crippen molar-refractivity contribution in [3.05, 3.63) is 0 Å². The number of carbonyl (C=O) groups is 3. The molecule has 27 heavy (non-hydrogen) atoms. The average Bonchev–Trinajstić information content (AvgIpc) is 2.96. The minimum Gasteiger partial charge on any atom is -0.481 e. The van der Waals surface area contributed by atoms with Crippen LogP contribution < -0.4 is 0 Å². The maximum Gasteiger partial charge on any atom is 0.310 e. The molecule has 0 bridgehead atoms. The summed E-state index contributed by atoms with van der Waals surface area (Å²) in [7, 11) is 0. The lowest BCUT2D eigenvalue weighted by molar-refractivity contribution is -0.165. The van der Waals surface area contributed by atoms with Crippen LogP contribution in [0.1, 0.15) is 52.9 Å². The quantitative estimate of drug-likeness (QED) is 0.637. The predicted molar refractivity (Wildman–Crippen MR) is 94.7 cm³/mol. The molecule has 2 aliphatic carbocycles. The first-order valence-electron chi connectivity index (χ1n) is 9.82. The van der Waals surface area contributed by atoms with E-state index in [4.69, 9.17) is 4.74 Å². The van der Waals surface area contributed by atoms with Crippen molar-refractivity contribution in [1.82, 2.24) is 0 Å². The number of carbonyl (C=O) groups excluding carboxylic acids is 1. The lowest BCUT2D eigenvalue weighted by Gasteiger charge is -2.54. The zero-order chi connectivity index (χ0) is 20.1. The molecule has 7 nitrogen and oxygen atoms in total. The fourth-order valence-electron chi connectivity index (χ4n) is 6.16. The summed E-state index contributed by atoms with van der Waals surface area (Å²) < 4.78 is 5.44. The Kier molecular flexibility index (Phi) is 5.04. The van der Waals surface area contributed by atoms with Crippen LogP contribution in [0, 0.1) is 40.4 Å². The van der Waals surface area contributed by atoms with Gasteiger partial charge in [0.15, 0.2) is 0 Å². The summed E-state index contributed by atoms with van der Waals surface area (Å²) in [4.78, 5) is 36.1. The summed E-state index contributed by atoms with van der Waals surface area (Å²) >= 11 is 0. The lowest BCUT2D eigenvalue weighted by Crippen LogP contribution is -2.57. The highest BCUT2D eigenvalue weighted by molar-refractivity contribution is 5.78. The number of hydrogen-bond donors (Lipinski definition) is 3. The fraction of sp³-hybridized carbons (Fsp3) is 0.850. The molecule has 3 N–H and O–H groups in total. The van der Waals surface area contributed by atoms with E-state index in [0.29, 0.717) is 32.1 Å². The van der Waals surface area contributed by atoms with Gasteiger partial charge in [-0.05, 0) is 43.9 Å². The Hall–Kier alpha value is -1.63. The molecule has 7 atom stereocenters. The second-order valence-corrected chi connectivity index (χ2v) is 9.40. The Morgan fingerprint density at radius 2 is 1.85 bits per heavy atom. The number of ether oxygens (including phenoxy) is 1. The van der Waals surface area contributed by atoms with Crippen molar-refractivity contribution in [1.29, 1.82) is 0 Å². The zero-order valence-electron chi connectivity index (χ0n) is 16.2.